The summed E-state index contributed by atoms with van der Waals surface area (Å²) in [7, 11) is 0. The minimum absolute atomic E-state index is 0.151. The summed E-state index contributed by atoms with van der Waals surface area (Å²) in [4.78, 5) is 13.9. The fourth-order valence-electron chi connectivity index (χ4n) is 3.99. The maximum atomic E-state index is 11.4. The van der Waals surface area contributed by atoms with Crippen LogP contribution in [-0.4, -0.2) is 40.6 Å². The van der Waals surface area contributed by atoms with Crippen molar-refractivity contribution in [3.05, 3.63) is 0 Å². The number of nitrogens with zero attached hydrogens (tertiary/aromatic N) is 1. The molecular weight excluding hydrogens is 240 g/mol. The third-order valence-electron chi connectivity index (χ3n) is 5.22. The molecule has 4 heteroatoms. The van der Waals surface area contributed by atoms with Crippen molar-refractivity contribution in [1.82, 2.24) is 4.90 Å². The second-order valence-electron chi connectivity index (χ2n) is 6.71. The Morgan fingerprint density at radius 2 is 2.16 bits per heavy atom. The molecule has 2 fully saturated rings. The number of carboxylic acid groups (broad SMARTS) is 1. The molecular formula is C15H28N2O2. The molecule has 3 unspecified atom stereocenters. The van der Waals surface area contributed by atoms with Gasteiger partial charge in [0.2, 0.25) is 0 Å². The lowest BCUT2D eigenvalue weighted by Crippen LogP contribution is -2.51. The summed E-state index contributed by atoms with van der Waals surface area (Å²) in [5, 5.41) is 9.34. The van der Waals surface area contributed by atoms with Crippen molar-refractivity contribution >= 4 is 5.97 Å². The van der Waals surface area contributed by atoms with Crippen LogP contribution in [0.1, 0.15) is 52.4 Å². The van der Waals surface area contributed by atoms with Crippen LogP contribution >= 0.6 is 0 Å². The van der Waals surface area contributed by atoms with Crippen LogP contribution in [-0.2, 0) is 4.79 Å². The van der Waals surface area contributed by atoms with E-state index in [2.05, 4.69) is 18.7 Å². The second-order valence-corrected chi connectivity index (χ2v) is 6.71. The van der Waals surface area contributed by atoms with Crippen LogP contribution in [0.2, 0.25) is 0 Å². The predicted octanol–water partition coefficient (Wildman–Crippen LogP) is 2.08. The summed E-state index contributed by atoms with van der Waals surface area (Å²) in [6, 6.07) is 0.679. The van der Waals surface area contributed by atoms with Gasteiger partial charge in [-0.1, -0.05) is 20.3 Å². The van der Waals surface area contributed by atoms with E-state index in [1.54, 1.807) is 0 Å². The Hall–Kier alpha value is -0.610. The largest absolute Gasteiger partial charge is 0.480 e. The smallest absolute Gasteiger partial charge is 0.323 e. The minimum atomic E-state index is -0.965. The van der Waals surface area contributed by atoms with Crippen molar-refractivity contribution in [2.45, 2.75) is 64.0 Å². The summed E-state index contributed by atoms with van der Waals surface area (Å²) in [5.74, 6) is 0.0310. The monoisotopic (exact) mass is 268 g/mol. The van der Waals surface area contributed by atoms with Crippen LogP contribution < -0.4 is 5.73 Å². The first-order valence-electron chi connectivity index (χ1n) is 7.71. The highest BCUT2D eigenvalue weighted by atomic mass is 16.4. The van der Waals surface area contributed by atoms with E-state index in [0.717, 1.165) is 25.8 Å². The zero-order valence-corrected chi connectivity index (χ0v) is 12.3. The summed E-state index contributed by atoms with van der Waals surface area (Å²) in [5.41, 5.74) is 5.14. The van der Waals surface area contributed by atoms with Gasteiger partial charge in [-0.2, -0.15) is 0 Å². The molecule has 0 bridgehead atoms. The summed E-state index contributed by atoms with van der Waals surface area (Å²) in [6.45, 7) is 6.74. The maximum Gasteiger partial charge on any atom is 0.323 e. The number of aliphatic carboxylic acids is 1. The molecule has 0 aromatic rings. The van der Waals surface area contributed by atoms with Crippen molar-refractivity contribution in [2.24, 2.45) is 17.6 Å². The molecule has 3 atom stereocenters. The SMILES string of the molecule is CC(C)C1CCCN1CCC1CCCC1(N)C(=O)O. The van der Waals surface area contributed by atoms with Gasteiger partial charge in [-0.05, 0) is 57.0 Å². The molecule has 1 saturated carbocycles. The lowest BCUT2D eigenvalue weighted by Gasteiger charge is -2.31. The van der Waals surface area contributed by atoms with E-state index < -0.39 is 11.5 Å². The Balaban J connectivity index is 1.90. The van der Waals surface area contributed by atoms with Gasteiger partial charge < -0.3 is 15.7 Å². The van der Waals surface area contributed by atoms with Crippen LogP contribution in [0.15, 0.2) is 0 Å². The Morgan fingerprint density at radius 1 is 1.42 bits per heavy atom. The molecule has 3 N–H and O–H groups in total. The molecule has 2 aliphatic rings. The van der Waals surface area contributed by atoms with Gasteiger partial charge in [-0.25, -0.2) is 0 Å². The van der Waals surface area contributed by atoms with Crippen LogP contribution in [0.4, 0.5) is 0 Å². The molecule has 19 heavy (non-hydrogen) atoms. The highest BCUT2D eigenvalue weighted by Gasteiger charge is 2.45. The number of likely N-dealkylation sites (tertiary alicyclic amines) is 1. The molecule has 1 aliphatic carbocycles. The van der Waals surface area contributed by atoms with Gasteiger partial charge in [-0.15, -0.1) is 0 Å². The third-order valence-corrected chi connectivity index (χ3v) is 5.22. The maximum absolute atomic E-state index is 11.4. The van der Waals surface area contributed by atoms with E-state index in [1.807, 2.05) is 0 Å². The second kappa shape index (κ2) is 5.80. The highest BCUT2D eigenvalue weighted by molar-refractivity contribution is 5.79. The number of nitrogens with two attached hydrogens (primary N) is 1. The van der Waals surface area contributed by atoms with Crippen molar-refractivity contribution < 1.29 is 9.90 Å². The molecule has 1 aliphatic heterocycles. The van der Waals surface area contributed by atoms with Crippen LogP contribution in [0.3, 0.4) is 0 Å². The first kappa shape index (κ1) is 14.8. The topological polar surface area (TPSA) is 66.6 Å². The molecule has 110 valence electrons. The van der Waals surface area contributed by atoms with Gasteiger partial charge in [0.15, 0.2) is 0 Å². The molecule has 0 spiro atoms. The normalized spacial score (nSPS) is 36.2. The summed E-state index contributed by atoms with van der Waals surface area (Å²) in [6.07, 6.45) is 6.08. The fourth-order valence-corrected chi connectivity index (χ4v) is 3.99. The van der Waals surface area contributed by atoms with Gasteiger partial charge in [0.05, 0.1) is 0 Å². The molecule has 1 heterocycles. The standard InChI is InChI=1S/C15H28N2O2/c1-11(2)13-6-4-9-17(13)10-7-12-5-3-8-15(12,16)14(18)19/h11-13H,3-10,16H2,1-2H3,(H,18,19). The third kappa shape index (κ3) is 2.95. The van der Waals surface area contributed by atoms with Gasteiger partial charge in [-0.3, -0.25) is 4.79 Å². The van der Waals surface area contributed by atoms with E-state index in [9.17, 15) is 9.90 Å². The molecule has 0 aromatic carbocycles. The van der Waals surface area contributed by atoms with E-state index in [-0.39, 0.29) is 5.92 Å². The molecule has 0 radical (unpaired) electrons. The van der Waals surface area contributed by atoms with Crippen molar-refractivity contribution in [1.29, 1.82) is 0 Å². The average molecular weight is 268 g/mol. The number of hydrogen-bond acceptors (Lipinski definition) is 3. The predicted molar refractivity (Wildman–Crippen MR) is 75.9 cm³/mol. The zero-order chi connectivity index (χ0) is 14.0. The molecule has 1 saturated heterocycles. The van der Waals surface area contributed by atoms with Crippen molar-refractivity contribution in [3.63, 3.8) is 0 Å². The number of rotatable bonds is 5. The number of carboxylic acids is 1. The summed E-state index contributed by atoms with van der Waals surface area (Å²) >= 11 is 0. The zero-order valence-electron chi connectivity index (χ0n) is 12.3. The molecule has 0 amide bonds. The Morgan fingerprint density at radius 3 is 2.79 bits per heavy atom. The fraction of sp³-hybridized carbons (Fsp3) is 0.933. The average Bonchev–Trinajstić information content (AvgIpc) is 2.93. The Bertz CT molecular complexity index is 332. The lowest BCUT2D eigenvalue weighted by atomic mass is 9.85. The van der Waals surface area contributed by atoms with Gasteiger partial charge >= 0.3 is 5.97 Å². The number of carbonyl (C=O) groups is 1. The van der Waals surface area contributed by atoms with E-state index >= 15 is 0 Å². The van der Waals surface area contributed by atoms with E-state index in [0.29, 0.717) is 18.4 Å². The van der Waals surface area contributed by atoms with E-state index in [4.69, 9.17) is 5.73 Å². The highest BCUT2D eigenvalue weighted by Crippen LogP contribution is 2.37. The van der Waals surface area contributed by atoms with Crippen LogP contribution in [0, 0.1) is 11.8 Å². The molecule has 0 aromatic heterocycles. The minimum Gasteiger partial charge on any atom is -0.480 e. The lowest BCUT2D eigenvalue weighted by molar-refractivity contribution is -0.144. The van der Waals surface area contributed by atoms with Gasteiger partial charge in [0.1, 0.15) is 5.54 Å². The quantitative estimate of drug-likeness (QED) is 0.801. The first-order valence-corrected chi connectivity index (χ1v) is 7.71. The Kier molecular flexibility index (Phi) is 4.51. The van der Waals surface area contributed by atoms with Crippen LogP contribution in [0.5, 0.6) is 0 Å². The first-order chi connectivity index (χ1) is 8.95. The van der Waals surface area contributed by atoms with Gasteiger partial charge in [0.25, 0.3) is 0 Å². The summed E-state index contributed by atoms with van der Waals surface area (Å²) < 4.78 is 0. The molecule has 2 rings (SSSR count). The number of hydrogen-bond donors (Lipinski definition) is 2. The van der Waals surface area contributed by atoms with E-state index in [1.165, 1.54) is 19.4 Å². The van der Waals surface area contributed by atoms with Gasteiger partial charge in [0, 0.05) is 6.04 Å². The Labute approximate surface area is 116 Å². The van der Waals surface area contributed by atoms with Crippen molar-refractivity contribution in [2.75, 3.05) is 13.1 Å². The molecule has 4 nitrogen and oxygen atoms in total. The van der Waals surface area contributed by atoms with Crippen molar-refractivity contribution in [3.8, 4) is 0 Å². The van der Waals surface area contributed by atoms with Crippen LogP contribution in [0.25, 0.3) is 0 Å².